The molecule has 1 amide bonds. The first-order chi connectivity index (χ1) is 9.24. The zero-order valence-corrected chi connectivity index (χ0v) is 10.5. The number of oxazole rings is 1. The second kappa shape index (κ2) is 4.99. The Morgan fingerprint density at radius 2 is 2.16 bits per heavy atom. The van der Waals surface area contributed by atoms with Crippen LogP contribution >= 0.6 is 0 Å². The molecule has 2 N–H and O–H groups in total. The second-order valence-electron chi connectivity index (χ2n) is 4.51. The molecule has 1 aliphatic rings. The number of hydrogen-bond donors (Lipinski definition) is 1. The maximum atomic E-state index is 11.3. The van der Waals surface area contributed by atoms with Gasteiger partial charge in [-0.15, -0.1) is 0 Å². The van der Waals surface area contributed by atoms with Crippen LogP contribution in [0.2, 0.25) is 0 Å². The molecule has 0 atom stereocenters. The van der Waals surface area contributed by atoms with Crippen LogP contribution in [0, 0.1) is 0 Å². The molecule has 1 aromatic heterocycles. The van der Waals surface area contributed by atoms with E-state index in [9.17, 15) is 4.79 Å². The molecule has 1 saturated heterocycles. The van der Waals surface area contributed by atoms with Gasteiger partial charge in [0.2, 0.25) is 5.89 Å². The summed E-state index contributed by atoms with van der Waals surface area (Å²) in [5.74, 6) is 0.113. The van der Waals surface area contributed by atoms with Gasteiger partial charge in [-0.1, -0.05) is 6.07 Å². The monoisotopic (exact) mass is 261 g/mol. The van der Waals surface area contributed by atoms with Crippen molar-refractivity contribution in [2.75, 3.05) is 26.3 Å². The Balaban J connectivity index is 1.88. The minimum Gasteiger partial charge on any atom is -0.439 e. The summed E-state index contributed by atoms with van der Waals surface area (Å²) in [6.07, 6.45) is 0. The summed E-state index contributed by atoms with van der Waals surface area (Å²) < 4.78 is 11.0. The zero-order valence-electron chi connectivity index (χ0n) is 10.5. The molecule has 2 heterocycles. The van der Waals surface area contributed by atoms with Gasteiger partial charge in [0.15, 0.2) is 5.58 Å². The van der Waals surface area contributed by atoms with Crippen molar-refractivity contribution >= 4 is 17.0 Å². The highest BCUT2D eigenvalue weighted by Gasteiger charge is 2.16. The first-order valence-corrected chi connectivity index (χ1v) is 6.22. The third-order valence-electron chi connectivity index (χ3n) is 3.19. The fourth-order valence-electron chi connectivity index (χ4n) is 2.21. The summed E-state index contributed by atoms with van der Waals surface area (Å²) in [6, 6.07) is 5.19. The van der Waals surface area contributed by atoms with Crippen LogP contribution in [0.5, 0.6) is 0 Å². The molecular formula is C13H15N3O3. The summed E-state index contributed by atoms with van der Waals surface area (Å²) in [5, 5.41) is 0. The van der Waals surface area contributed by atoms with Crippen LogP contribution in [-0.2, 0) is 11.3 Å². The van der Waals surface area contributed by atoms with Crippen LogP contribution in [0.1, 0.15) is 16.2 Å². The molecule has 0 radical (unpaired) electrons. The number of aromatic nitrogens is 1. The highest BCUT2D eigenvalue weighted by molar-refractivity contribution is 6.03. The molecule has 0 aliphatic carbocycles. The Bertz CT molecular complexity index is 602. The minimum absolute atomic E-state index is 0.398. The number of fused-ring (bicyclic) bond motifs is 1. The van der Waals surface area contributed by atoms with E-state index in [0.29, 0.717) is 29.1 Å². The van der Waals surface area contributed by atoms with E-state index >= 15 is 0 Å². The first kappa shape index (κ1) is 12.1. The molecular weight excluding hydrogens is 246 g/mol. The average molecular weight is 261 g/mol. The molecule has 19 heavy (non-hydrogen) atoms. The van der Waals surface area contributed by atoms with Crippen LogP contribution in [0.3, 0.4) is 0 Å². The first-order valence-electron chi connectivity index (χ1n) is 6.22. The normalized spacial score (nSPS) is 16.8. The number of morpholine rings is 1. The highest BCUT2D eigenvalue weighted by Crippen LogP contribution is 2.20. The minimum atomic E-state index is -0.489. The molecule has 0 unspecified atom stereocenters. The van der Waals surface area contributed by atoms with Crippen molar-refractivity contribution < 1.29 is 13.9 Å². The standard InChI is InChI=1S/C13H15N3O3/c14-13(17)9-2-1-3-10-12(9)15-11(19-10)8-16-4-6-18-7-5-16/h1-3H,4-8H2,(H2,14,17). The predicted molar refractivity (Wildman–Crippen MR) is 68.6 cm³/mol. The molecule has 0 bridgehead atoms. The predicted octanol–water partition coefficient (Wildman–Crippen LogP) is 0.759. The molecule has 0 spiro atoms. The van der Waals surface area contributed by atoms with Gasteiger partial charge in [-0.2, -0.15) is 0 Å². The highest BCUT2D eigenvalue weighted by atomic mass is 16.5. The van der Waals surface area contributed by atoms with Gasteiger partial charge in [0, 0.05) is 13.1 Å². The van der Waals surface area contributed by atoms with Gasteiger partial charge in [0.1, 0.15) is 5.52 Å². The number of para-hydroxylation sites is 1. The van der Waals surface area contributed by atoms with Crippen molar-refractivity contribution in [1.29, 1.82) is 0 Å². The van der Waals surface area contributed by atoms with E-state index in [1.54, 1.807) is 18.2 Å². The van der Waals surface area contributed by atoms with E-state index < -0.39 is 5.91 Å². The number of ether oxygens (including phenoxy) is 1. The van der Waals surface area contributed by atoms with Crippen LogP contribution < -0.4 is 5.73 Å². The number of primary amides is 1. The molecule has 2 aromatic rings. The molecule has 6 nitrogen and oxygen atoms in total. The number of nitrogens with two attached hydrogens (primary N) is 1. The summed E-state index contributed by atoms with van der Waals surface area (Å²) in [5.41, 5.74) is 6.86. The summed E-state index contributed by atoms with van der Waals surface area (Å²) in [4.78, 5) is 17.9. The Kier molecular flexibility index (Phi) is 3.18. The van der Waals surface area contributed by atoms with Gasteiger partial charge in [-0.3, -0.25) is 9.69 Å². The molecule has 100 valence electrons. The quantitative estimate of drug-likeness (QED) is 0.882. The number of benzene rings is 1. The maximum absolute atomic E-state index is 11.3. The van der Waals surface area contributed by atoms with E-state index in [1.165, 1.54) is 0 Å². The number of carbonyl (C=O) groups is 1. The van der Waals surface area contributed by atoms with Crippen molar-refractivity contribution in [3.05, 3.63) is 29.7 Å². The SMILES string of the molecule is NC(=O)c1cccc2oc(CN3CCOCC3)nc12. The molecule has 0 saturated carbocycles. The maximum Gasteiger partial charge on any atom is 0.251 e. The van der Waals surface area contributed by atoms with E-state index in [-0.39, 0.29) is 0 Å². The van der Waals surface area contributed by atoms with Gasteiger partial charge >= 0.3 is 0 Å². The van der Waals surface area contributed by atoms with E-state index in [2.05, 4.69) is 9.88 Å². The smallest absolute Gasteiger partial charge is 0.251 e. The second-order valence-corrected chi connectivity index (χ2v) is 4.51. The average Bonchev–Trinajstić information content (AvgIpc) is 2.81. The van der Waals surface area contributed by atoms with Crippen molar-refractivity contribution in [2.24, 2.45) is 5.73 Å². The van der Waals surface area contributed by atoms with E-state index in [0.717, 1.165) is 26.3 Å². The van der Waals surface area contributed by atoms with Crippen LogP contribution in [-0.4, -0.2) is 42.1 Å². The van der Waals surface area contributed by atoms with Gasteiger partial charge in [-0.05, 0) is 12.1 Å². The lowest BCUT2D eigenvalue weighted by Gasteiger charge is -2.24. The van der Waals surface area contributed by atoms with Gasteiger partial charge in [0.25, 0.3) is 5.91 Å². The molecule has 1 aliphatic heterocycles. The summed E-state index contributed by atoms with van der Waals surface area (Å²) in [7, 11) is 0. The molecule has 1 fully saturated rings. The lowest BCUT2D eigenvalue weighted by molar-refractivity contribution is 0.0308. The van der Waals surface area contributed by atoms with Crippen molar-refractivity contribution in [3.8, 4) is 0 Å². The lowest BCUT2D eigenvalue weighted by atomic mass is 10.2. The fourth-order valence-corrected chi connectivity index (χ4v) is 2.21. The summed E-state index contributed by atoms with van der Waals surface area (Å²) in [6.45, 7) is 3.80. The summed E-state index contributed by atoms with van der Waals surface area (Å²) >= 11 is 0. The Morgan fingerprint density at radius 1 is 1.37 bits per heavy atom. The Morgan fingerprint density at radius 3 is 2.89 bits per heavy atom. The van der Waals surface area contributed by atoms with Crippen molar-refractivity contribution in [3.63, 3.8) is 0 Å². The number of carbonyl (C=O) groups excluding carboxylic acids is 1. The topological polar surface area (TPSA) is 81.6 Å². The molecule has 3 rings (SSSR count). The molecule has 6 heteroatoms. The largest absolute Gasteiger partial charge is 0.439 e. The van der Waals surface area contributed by atoms with Gasteiger partial charge < -0.3 is 14.9 Å². The number of nitrogens with zero attached hydrogens (tertiary/aromatic N) is 2. The van der Waals surface area contributed by atoms with Crippen LogP contribution in [0.15, 0.2) is 22.6 Å². The number of hydrogen-bond acceptors (Lipinski definition) is 5. The van der Waals surface area contributed by atoms with Crippen LogP contribution in [0.4, 0.5) is 0 Å². The lowest BCUT2D eigenvalue weighted by Crippen LogP contribution is -2.35. The Hall–Kier alpha value is -1.92. The van der Waals surface area contributed by atoms with Gasteiger partial charge in [-0.25, -0.2) is 4.98 Å². The Labute approximate surface area is 110 Å². The van der Waals surface area contributed by atoms with Gasteiger partial charge in [0.05, 0.1) is 25.3 Å². The zero-order chi connectivity index (χ0) is 13.2. The fraction of sp³-hybridized carbons (Fsp3) is 0.385. The number of amides is 1. The number of rotatable bonds is 3. The van der Waals surface area contributed by atoms with E-state index in [4.69, 9.17) is 14.9 Å². The van der Waals surface area contributed by atoms with Crippen molar-refractivity contribution in [1.82, 2.24) is 9.88 Å². The third kappa shape index (κ3) is 2.45. The van der Waals surface area contributed by atoms with Crippen molar-refractivity contribution in [2.45, 2.75) is 6.54 Å². The third-order valence-corrected chi connectivity index (χ3v) is 3.19. The van der Waals surface area contributed by atoms with Crippen LogP contribution in [0.25, 0.3) is 11.1 Å². The van der Waals surface area contributed by atoms with E-state index in [1.807, 2.05) is 0 Å². The molecule has 1 aromatic carbocycles.